The smallest absolute Gasteiger partial charge is 0.269 e. The first-order valence-electron chi connectivity index (χ1n) is 8.60. The Morgan fingerprint density at radius 1 is 0.929 bits per heavy atom. The molecule has 0 bridgehead atoms. The van der Waals surface area contributed by atoms with Gasteiger partial charge in [0.1, 0.15) is 0 Å². The van der Waals surface area contributed by atoms with Crippen LogP contribution in [0.15, 0.2) is 30.3 Å². The molecular weight excluding hydrogens is 362 g/mol. The highest BCUT2D eigenvalue weighted by molar-refractivity contribution is 5.97. The van der Waals surface area contributed by atoms with Gasteiger partial charge in [-0.3, -0.25) is 20.4 Å². The van der Waals surface area contributed by atoms with Crippen molar-refractivity contribution in [1.29, 1.82) is 0 Å². The lowest BCUT2D eigenvalue weighted by molar-refractivity contribution is -0.120. The monoisotopic (exact) mass is 387 g/mol. The Morgan fingerprint density at radius 3 is 2.14 bits per heavy atom. The minimum absolute atomic E-state index is 0.0137. The first-order chi connectivity index (χ1) is 13.4. The van der Waals surface area contributed by atoms with E-state index in [9.17, 15) is 9.59 Å². The van der Waals surface area contributed by atoms with E-state index in [2.05, 4.69) is 16.2 Å². The molecule has 8 heteroatoms. The van der Waals surface area contributed by atoms with Crippen LogP contribution < -0.4 is 30.4 Å². The van der Waals surface area contributed by atoms with Gasteiger partial charge in [0.2, 0.25) is 5.75 Å². The van der Waals surface area contributed by atoms with Crippen LogP contribution in [0.3, 0.4) is 0 Å². The SMILES string of the molecule is COc1cc(C(=O)NNC(=O)CNc2cccc(C)c2C)cc(OC)c1OC. The van der Waals surface area contributed by atoms with Gasteiger partial charge in [0.15, 0.2) is 11.5 Å². The third kappa shape index (κ3) is 4.85. The number of hydrazine groups is 1. The maximum Gasteiger partial charge on any atom is 0.269 e. The van der Waals surface area contributed by atoms with Crippen LogP contribution >= 0.6 is 0 Å². The topological polar surface area (TPSA) is 97.9 Å². The quantitative estimate of drug-likeness (QED) is 0.630. The number of carbonyl (C=O) groups is 2. The third-order valence-corrected chi connectivity index (χ3v) is 4.29. The predicted molar refractivity (Wildman–Crippen MR) is 106 cm³/mol. The van der Waals surface area contributed by atoms with Gasteiger partial charge in [-0.2, -0.15) is 0 Å². The number of nitrogens with one attached hydrogen (secondary N) is 3. The number of methoxy groups -OCH3 is 3. The molecule has 0 heterocycles. The lowest BCUT2D eigenvalue weighted by atomic mass is 10.1. The Morgan fingerprint density at radius 2 is 1.57 bits per heavy atom. The fraction of sp³-hybridized carbons (Fsp3) is 0.300. The highest BCUT2D eigenvalue weighted by Gasteiger charge is 2.17. The van der Waals surface area contributed by atoms with E-state index >= 15 is 0 Å². The van der Waals surface area contributed by atoms with E-state index in [0.29, 0.717) is 17.2 Å². The molecule has 2 amide bonds. The fourth-order valence-corrected chi connectivity index (χ4v) is 2.57. The van der Waals surface area contributed by atoms with Gasteiger partial charge in [-0.05, 0) is 43.2 Å². The fourth-order valence-electron chi connectivity index (χ4n) is 2.57. The van der Waals surface area contributed by atoms with Crippen molar-refractivity contribution in [2.75, 3.05) is 33.2 Å². The number of carbonyl (C=O) groups excluding carboxylic acids is 2. The molecule has 0 radical (unpaired) electrons. The molecule has 0 spiro atoms. The molecule has 2 rings (SSSR count). The highest BCUT2D eigenvalue weighted by atomic mass is 16.5. The maximum atomic E-state index is 12.4. The normalized spacial score (nSPS) is 10.0. The second-order valence-electron chi connectivity index (χ2n) is 6.02. The number of anilines is 1. The summed E-state index contributed by atoms with van der Waals surface area (Å²) in [5.74, 6) is 0.161. The van der Waals surface area contributed by atoms with Gasteiger partial charge in [0.25, 0.3) is 11.8 Å². The van der Waals surface area contributed by atoms with Gasteiger partial charge in [0, 0.05) is 11.3 Å². The Labute approximate surface area is 164 Å². The molecule has 0 aliphatic carbocycles. The van der Waals surface area contributed by atoms with Crippen LogP contribution in [0.1, 0.15) is 21.5 Å². The average molecular weight is 387 g/mol. The summed E-state index contributed by atoms with van der Waals surface area (Å²) >= 11 is 0. The van der Waals surface area contributed by atoms with Crippen molar-refractivity contribution in [3.8, 4) is 17.2 Å². The van der Waals surface area contributed by atoms with Crippen LogP contribution in [0.25, 0.3) is 0 Å². The number of hydrogen-bond donors (Lipinski definition) is 3. The van der Waals surface area contributed by atoms with Gasteiger partial charge in [0.05, 0.1) is 27.9 Å². The number of rotatable bonds is 7. The summed E-state index contributed by atoms with van der Waals surface area (Å²) in [4.78, 5) is 24.4. The molecule has 28 heavy (non-hydrogen) atoms. The molecule has 0 saturated carbocycles. The largest absolute Gasteiger partial charge is 0.493 e. The van der Waals surface area contributed by atoms with Crippen LogP contribution in [0.5, 0.6) is 17.2 Å². The number of aryl methyl sites for hydroxylation is 1. The van der Waals surface area contributed by atoms with Crippen molar-refractivity contribution in [3.05, 3.63) is 47.0 Å². The van der Waals surface area contributed by atoms with Crippen molar-refractivity contribution in [2.24, 2.45) is 0 Å². The summed E-state index contributed by atoms with van der Waals surface area (Å²) in [6.07, 6.45) is 0. The molecule has 0 unspecified atom stereocenters. The zero-order chi connectivity index (χ0) is 20.7. The summed E-state index contributed by atoms with van der Waals surface area (Å²) in [7, 11) is 4.39. The number of benzene rings is 2. The molecule has 2 aromatic rings. The van der Waals surface area contributed by atoms with Crippen molar-refractivity contribution >= 4 is 17.5 Å². The zero-order valence-corrected chi connectivity index (χ0v) is 16.6. The standard InChI is InChI=1S/C20H25N3O5/c1-12-7-6-8-15(13(12)2)21-11-18(24)22-23-20(25)14-9-16(26-3)19(28-5)17(10-14)27-4/h6-10,21H,11H2,1-5H3,(H,22,24)(H,23,25). The van der Waals surface area contributed by atoms with E-state index in [4.69, 9.17) is 14.2 Å². The number of hydrogen-bond acceptors (Lipinski definition) is 6. The Balaban J connectivity index is 1.98. The van der Waals surface area contributed by atoms with E-state index in [1.807, 2.05) is 32.0 Å². The molecule has 3 N–H and O–H groups in total. The van der Waals surface area contributed by atoms with Crippen LogP contribution in [-0.2, 0) is 4.79 Å². The number of ether oxygens (including phenoxy) is 3. The van der Waals surface area contributed by atoms with E-state index < -0.39 is 5.91 Å². The van der Waals surface area contributed by atoms with Crippen molar-refractivity contribution in [2.45, 2.75) is 13.8 Å². The van der Waals surface area contributed by atoms with Crippen molar-refractivity contribution in [1.82, 2.24) is 10.9 Å². The van der Waals surface area contributed by atoms with E-state index in [-0.39, 0.29) is 18.0 Å². The first-order valence-corrected chi connectivity index (χ1v) is 8.60. The van der Waals surface area contributed by atoms with Crippen LogP contribution in [0.2, 0.25) is 0 Å². The van der Waals surface area contributed by atoms with Crippen LogP contribution in [-0.4, -0.2) is 39.7 Å². The van der Waals surface area contributed by atoms with E-state index in [0.717, 1.165) is 16.8 Å². The summed E-state index contributed by atoms with van der Waals surface area (Å²) in [5, 5.41) is 3.05. The Hall–Kier alpha value is -3.42. The van der Waals surface area contributed by atoms with Crippen LogP contribution in [0.4, 0.5) is 5.69 Å². The molecule has 0 atom stereocenters. The second kappa shape index (κ2) is 9.50. The summed E-state index contributed by atoms with van der Waals surface area (Å²) in [6, 6.07) is 8.80. The minimum atomic E-state index is -0.515. The predicted octanol–water partition coefficient (Wildman–Crippen LogP) is 2.20. The summed E-state index contributed by atoms with van der Waals surface area (Å²) in [6.45, 7) is 3.99. The zero-order valence-electron chi connectivity index (χ0n) is 16.6. The lowest BCUT2D eigenvalue weighted by Crippen LogP contribution is -2.44. The molecule has 0 aliphatic rings. The van der Waals surface area contributed by atoms with E-state index in [1.165, 1.54) is 33.5 Å². The average Bonchev–Trinajstić information content (AvgIpc) is 2.71. The minimum Gasteiger partial charge on any atom is -0.493 e. The summed E-state index contributed by atoms with van der Waals surface area (Å²) in [5.41, 5.74) is 8.05. The summed E-state index contributed by atoms with van der Waals surface area (Å²) < 4.78 is 15.7. The maximum absolute atomic E-state index is 12.4. The highest BCUT2D eigenvalue weighted by Crippen LogP contribution is 2.38. The van der Waals surface area contributed by atoms with Gasteiger partial charge in [-0.15, -0.1) is 0 Å². The Bertz CT molecular complexity index is 842. The molecular formula is C20H25N3O5. The lowest BCUT2D eigenvalue weighted by Gasteiger charge is -2.15. The molecule has 0 aromatic heterocycles. The second-order valence-corrected chi connectivity index (χ2v) is 6.02. The van der Waals surface area contributed by atoms with Gasteiger partial charge >= 0.3 is 0 Å². The molecule has 8 nitrogen and oxygen atoms in total. The molecule has 0 saturated heterocycles. The van der Waals surface area contributed by atoms with Crippen molar-refractivity contribution in [3.63, 3.8) is 0 Å². The van der Waals surface area contributed by atoms with Gasteiger partial charge in [-0.1, -0.05) is 12.1 Å². The Kier molecular flexibility index (Phi) is 7.08. The molecule has 2 aromatic carbocycles. The first kappa shape index (κ1) is 20.9. The van der Waals surface area contributed by atoms with Crippen molar-refractivity contribution < 1.29 is 23.8 Å². The van der Waals surface area contributed by atoms with Gasteiger partial charge < -0.3 is 19.5 Å². The molecule has 0 aliphatic heterocycles. The van der Waals surface area contributed by atoms with Crippen LogP contribution in [0, 0.1) is 13.8 Å². The molecule has 0 fully saturated rings. The molecule has 150 valence electrons. The third-order valence-electron chi connectivity index (χ3n) is 4.29. The number of amides is 2. The van der Waals surface area contributed by atoms with Gasteiger partial charge in [-0.25, -0.2) is 0 Å². The van der Waals surface area contributed by atoms with E-state index in [1.54, 1.807) is 0 Å².